The van der Waals surface area contributed by atoms with Crippen molar-refractivity contribution in [3.8, 4) is 0 Å². The van der Waals surface area contributed by atoms with E-state index in [0.29, 0.717) is 12.3 Å². The molecule has 0 N–H and O–H groups in total. The third-order valence-electron chi connectivity index (χ3n) is 6.42. The second kappa shape index (κ2) is 8.25. The molecule has 3 aliphatic rings. The molecule has 3 saturated heterocycles. The SMILES string of the molecule is c1ccc(C2N3CCCN2CCN2CCCN(CC3)C2c2ccccn2)nc1. The zero-order valence-corrected chi connectivity index (χ0v) is 16.5. The molecule has 0 aromatic carbocycles. The van der Waals surface area contributed by atoms with Crippen molar-refractivity contribution in [3.63, 3.8) is 0 Å². The molecule has 28 heavy (non-hydrogen) atoms. The summed E-state index contributed by atoms with van der Waals surface area (Å²) in [4.78, 5) is 20.0. The predicted molar refractivity (Wildman–Crippen MR) is 109 cm³/mol. The fourth-order valence-corrected chi connectivity index (χ4v) is 5.16. The Kier molecular flexibility index (Phi) is 5.36. The third kappa shape index (κ3) is 3.57. The van der Waals surface area contributed by atoms with Crippen LogP contribution in [0.25, 0.3) is 0 Å². The summed E-state index contributed by atoms with van der Waals surface area (Å²) >= 11 is 0. The van der Waals surface area contributed by atoms with Crippen LogP contribution in [0.1, 0.15) is 36.6 Å². The van der Waals surface area contributed by atoms with E-state index in [2.05, 4.69) is 43.9 Å². The van der Waals surface area contributed by atoms with E-state index >= 15 is 0 Å². The van der Waals surface area contributed by atoms with Crippen LogP contribution >= 0.6 is 0 Å². The summed E-state index contributed by atoms with van der Waals surface area (Å²) in [6, 6.07) is 12.7. The predicted octanol–water partition coefficient (Wildman–Crippen LogP) is 2.20. The van der Waals surface area contributed by atoms with E-state index in [-0.39, 0.29) is 0 Å². The number of hydrogen-bond donors (Lipinski definition) is 0. The molecule has 2 aromatic rings. The molecule has 0 aliphatic carbocycles. The van der Waals surface area contributed by atoms with Crippen molar-refractivity contribution < 1.29 is 0 Å². The lowest BCUT2D eigenvalue weighted by molar-refractivity contribution is -0.0633. The first kappa shape index (κ1) is 18.2. The van der Waals surface area contributed by atoms with Gasteiger partial charge in [-0.15, -0.1) is 0 Å². The van der Waals surface area contributed by atoms with Crippen LogP contribution in [0.2, 0.25) is 0 Å². The number of rotatable bonds is 2. The van der Waals surface area contributed by atoms with Gasteiger partial charge in [-0.05, 0) is 37.1 Å². The molecule has 0 radical (unpaired) electrons. The van der Waals surface area contributed by atoms with Crippen molar-refractivity contribution in [1.29, 1.82) is 0 Å². The Morgan fingerprint density at radius 1 is 0.536 bits per heavy atom. The summed E-state index contributed by atoms with van der Waals surface area (Å²) in [7, 11) is 0. The lowest BCUT2D eigenvalue weighted by Crippen LogP contribution is -2.57. The molecule has 4 bridgehead atoms. The van der Waals surface area contributed by atoms with Crippen LogP contribution in [0.3, 0.4) is 0 Å². The zero-order valence-electron chi connectivity index (χ0n) is 16.5. The number of hydrogen-bond acceptors (Lipinski definition) is 6. The molecular formula is C22H30N6. The Bertz CT molecular complexity index is 665. The fourth-order valence-electron chi connectivity index (χ4n) is 5.16. The summed E-state index contributed by atoms with van der Waals surface area (Å²) in [6.45, 7) is 8.94. The van der Waals surface area contributed by atoms with E-state index in [9.17, 15) is 0 Å². The highest BCUT2D eigenvalue weighted by atomic mass is 15.4. The van der Waals surface area contributed by atoms with Crippen LogP contribution in [0.15, 0.2) is 48.8 Å². The maximum atomic E-state index is 4.73. The zero-order chi connectivity index (χ0) is 18.8. The van der Waals surface area contributed by atoms with Gasteiger partial charge in [-0.3, -0.25) is 29.6 Å². The summed E-state index contributed by atoms with van der Waals surface area (Å²) in [5.41, 5.74) is 2.39. The Balaban J connectivity index is 1.45. The molecule has 6 nitrogen and oxygen atoms in total. The fraction of sp³-hybridized carbons (Fsp3) is 0.545. The molecule has 4 atom stereocenters. The first-order chi connectivity index (χ1) is 13.9. The Morgan fingerprint density at radius 3 is 1.25 bits per heavy atom. The molecule has 0 saturated carbocycles. The van der Waals surface area contributed by atoms with Gasteiger partial charge in [0.05, 0.1) is 11.4 Å². The minimum atomic E-state index is 0.310. The molecule has 3 aliphatic heterocycles. The summed E-state index contributed by atoms with van der Waals surface area (Å²) < 4.78 is 0. The van der Waals surface area contributed by atoms with E-state index in [4.69, 9.17) is 9.97 Å². The number of nitrogens with zero attached hydrogens (tertiary/aromatic N) is 6. The molecular weight excluding hydrogens is 348 g/mol. The van der Waals surface area contributed by atoms with E-state index < -0.39 is 0 Å². The number of pyridine rings is 2. The van der Waals surface area contributed by atoms with E-state index in [1.807, 2.05) is 24.5 Å². The van der Waals surface area contributed by atoms with Crippen molar-refractivity contribution >= 4 is 0 Å². The number of aromatic nitrogens is 2. The highest BCUT2D eigenvalue weighted by Gasteiger charge is 2.37. The molecule has 2 aromatic heterocycles. The van der Waals surface area contributed by atoms with Gasteiger partial charge in [0.15, 0.2) is 0 Å². The van der Waals surface area contributed by atoms with Gasteiger partial charge in [0.1, 0.15) is 12.3 Å². The maximum absolute atomic E-state index is 4.73. The van der Waals surface area contributed by atoms with Crippen molar-refractivity contribution in [2.24, 2.45) is 0 Å². The minimum absolute atomic E-state index is 0.310. The second-order valence-corrected chi connectivity index (χ2v) is 8.11. The first-order valence-electron chi connectivity index (χ1n) is 10.7. The topological polar surface area (TPSA) is 38.7 Å². The van der Waals surface area contributed by atoms with Gasteiger partial charge in [0.25, 0.3) is 0 Å². The Morgan fingerprint density at radius 2 is 0.929 bits per heavy atom. The summed E-state index contributed by atoms with van der Waals surface area (Å²) in [6.07, 6.45) is 6.98. The lowest BCUT2D eigenvalue weighted by Gasteiger charge is -2.50. The lowest BCUT2D eigenvalue weighted by atomic mass is 10.1. The number of fused-ring (bicyclic) bond motifs is 4. The van der Waals surface area contributed by atoms with Gasteiger partial charge in [0.2, 0.25) is 0 Å². The van der Waals surface area contributed by atoms with Gasteiger partial charge < -0.3 is 0 Å². The molecule has 0 spiro atoms. The average Bonchev–Trinajstić information content (AvgIpc) is 2.76. The van der Waals surface area contributed by atoms with Gasteiger partial charge in [-0.1, -0.05) is 12.1 Å². The van der Waals surface area contributed by atoms with Crippen LogP contribution in [0.4, 0.5) is 0 Å². The molecule has 3 fully saturated rings. The van der Waals surface area contributed by atoms with Crippen molar-refractivity contribution in [2.45, 2.75) is 25.2 Å². The van der Waals surface area contributed by atoms with Crippen LogP contribution in [-0.2, 0) is 0 Å². The van der Waals surface area contributed by atoms with Crippen LogP contribution in [-0.4, -0.2) is 81.9 Å². The summed E-state index contributed by atoms with van der Waals surface area (Å²) in [5, 5.41) is 0. The highest BCUT2D eigenvalue weighted by Crippen LogP contribution is 2.32. The molecule has 0 amide bonds. The second-order valence-electron chi connectivity index (χ2n) is 8.11. The van der Waals surface area contributed by atoms with Crippen LogP contribution < -0.4 is 0 Å². The summed E-state index contributed by atoms with van der Waals surface area (Å²) in [5.74, 6) is 0. The average molecular weight is 379 g/mol. The standard InChI is InChI=1S/C22H30N6/c1-3-9-23-19(7-1)21-25-11-5-12-26(21)16-18-28-14-6-13-27(17-15-25)22(28)20-8-2-4-10-24-20/h1-4,7-10,21-22H,5-6,11-18H2. The van der Waals surface area contributed by atoms with E-state index in [1.165, 1.54) is 24.2 Å². The maximum Gasteiger partial charge on any atom is 0.106 e. The van der Waals surface area contributed by atoms with Crippen LogP contribution in [0, 0.1) is 0 Å². The Hall–Kier alpha value is -1.86. The van der Waals surface area contributed by atoms with Gasteiger partial charge in [-0.2, -0.15) is 0 Å². The smallest absolute Gasteiger partial charge is 0.106 e. The van der Waals surface area contributed by atoms with Crippen LogP contribution in [0.5, 0.6) is 0 Å². The van der Waals surface area contributed by atoms with E-state index in [1.54, 1.807) is 0 Å². The van der Waals surface area contributed by atoms with Crippen molar-refractivity contribution in [1.82, 2.24) is 29.6 Å². The van der Waals surface area contributed by atoms with Gasteiger partial charge in [-0.25, -0.2) is 0 Å². The third-order valence-corrected chi connectivity index (χ3v) is 6.42. The molecule has 4 unspecified atom stereocenters. The van der Waals surface area contributed by atoms with Crippen molar-refractivity contribution in [3.05, 3.63) is 60.2 Å². The van der Waals surface area contributed by atoms with Gasteiger partial charge in [0, 0.05) is 64.8 Å². The normalized spacial score (nSPS) is 35.9. The first-order valence-corrected chi connectivity index (χ1v) is 10.7. The largest absolute Gasteiger partial charge is 0.281 e. The Labute approximate surface area is 167 Å². The monoisotopic (exact) mass is 378 g/mol. The quantitative estimate of drug-likeness (QED) is 0.798. The molecule has 5 heterocycles. The van der Waals surface area contributed by atoms with Gasteiger partial charge >= 0.3 is 0 Å². The van der Waals surface area contributed by atoms with E-state index in [0.717, 1.165) is 52.4 Å². The molecule has 6 heteroatoms. The minimum Gasteiger partial charge on any atom is -0.281 e. The highest BCUT2D eigenvalue weighted by molar-refractivity contribution is 5.12. The molecule has 5 rings (SSSR count). The van der Waals surface area contributed by atoms with Crippen molar-refractivity contribution in [2.75, 3.05) is 52.4 Å². The molecule has 148 valence electrons.